The molecule has 2 aliphatic rings. The van der Waals surface area contributed by atoms with Crippen molar-refractivity contribution in [2.45, 2.75) is 109 Å². The van der Waals surface area contributed by atoms with Crippen LogP contribution in [0.3, 0.4) is 0 Å². The van der Waals surface area contributed by atoms with E-state index in [9.17, 15) is 23.6 Å². The van der Waals surface area contributed by atoms with Gasteiger partial charge in [0.05, 0.1) is 25.4 Å². The highest BCUT2D eigenvalue weighted by atomic mass is 19.1. The summed E-state index contributed by atoms with van der Waals surface area (Å²) in [6.45, 7) is 6.83. The zero-order valence-electron chi connectivity index (χ0n) is 28.6. The third-order valence-corrected chi connectivity index (χ3v) is 8.06. The van der Waals surface area contributed by atoms with E-state index in [1.807, 2.05) is 13.8 Å². The molecular weight excluding hydrogens is 629 g/mol. The largest absolute Gasteiger partial charge is 0.464 e. The molecule has 0 unspecified atom stereocenters. The summed E-state index contributed by atoms with van der Waals surface area (Å²) < 4.78 is 47.4. The van der Waals surface area contributed by atoms with Crippen LogP contribution in [0.4, 0.5) is 14.0 Å². The number of hydrogen-bond donors (Lipinski definition) is 3. The van der Waals surface area contributed by atoms with Crippen LogP contribution in [0.5, 0.6) is 0 Å². The van der Waals surface area contributed by atoms with Crippen LogP contribution in [0.1, 0.15) is 77.7 Å². The fourth-order valence-electron chi connectivity index (χ4n) is 5.88. The Morgan fingerprint density at radius 1 is 1.02 bits per heavy atom. The molecule has 2 fully saturated rings. The van der Waals surface area contributed by atoms with Crippen molar-refractivity contribution in [2.75, 3.05) is 40.0 Å². The summed E-state index contributed by atoms with van der Waals surface area (Å²) in [6.07, 6.45) is 1.08. The van der Waals surface area contributed by atoms with Gasteiger partial charge in [0.15, 0.2) is 5.79 Å². The molecule has 3 N–H and O–H groups in total. The smallest absolute Gasteiger partial charge is 0.407 e. The summed E-state index contributed by atoms with van der Waals surface area (Å²) in [7, 11) is 1.54. The van der Waals surface area contributed by atoms with Gasteiger partial charge in [0, 0.05) is 45.9 Å². The molecule has 0 radical (unpaired) electrons. The first-order valence-electron chi connectivity index (χ1n) is 16.9. The number of carbonyl (C=O) groups excluding carboxylic acids is 4. The molecule has 2 aliphatic heterocycles. The quantitative estimate of drug-likeness (QED) is 0.124. The minimum absolute atomic E-state index is 0.0114. The zero-order valence-corrected chi connectivity index (χ0v) is 28.6. The van der Waals surface area contributed by atoms with Gasteiger partial charge in [-0.2, -0.15) is 0 Å². The summed E-state index contributed by atoms with van der Waals surface area (Å²) >= 11 is 0. The predicted molar refractivity (Wildman–Crippen MR) is 172 cm³/mol. The van der Waals surface area contributed by atoms with E-state index in [0.717, 1.165) is 12.0 Å². The van der Waals surface area contributed by atoms with Crippen molar-refractivity contribution in [1.82, 2.24) is 16.0 Å². The Kier molecular flexibility index (Phi) is 16.3. The van der Waals surface area contributed by atoms with E-state index < -0.39 is 48.3 Å². The van der Waals surface area contributed by atoms with E-state index in [0.29, 0.717) is 58.2 Å². The molecule has 48 heavy (non-hydrogen) atoms. The molecule has 0 aromatic heterocycles. The molecule has 1 aromatic rings. The Bertz CT molecular complexity index is 1170. The number of amides is 3. The zero-order chi connectivity index (χ0) is 34.9. The highest BCUT2D eigenvalue weighted by Gasteiger charge is 2.47. The molecule has 5 atom stereocenters. The number of alkyl carbamates (subject to hydrolysis) is 2. The molecule has 14 heteroatoms. The minimum atomic E-state index is -1.11. The first-order valence-corrected chi connectivity index (χ1v) is 16.9. The third-order valence-electron chi connectivity index (χ3n) is 8.06. The van der Waals surface area contributed by atoms with E-state index >= 15 is 0 Å². The van der Waals surface area contributed by atoms with E-state index in [-0.39, 0.29) is 43.7 Å². The predicted octanol–water partition coefficient (Wildman–Crippen LogP) is 4.15. The average Bonchev–Trinajstić information content (AvgIpc) is 3.03. The molecule has 0 saturated carbocycles. The summed E-state index contributed by atoms with van der Waals surface area (Å²) in [6, 6.07) is 5.31. The van der Waals surface area contributed by atoms with E-state index in [1.165, 1.54) is 19.2 Å². The molecule has 13 nitrogen and oxygen atoms in total. The SMILES string of the molecule is CCOC(=O)[C@H](CC(C)C)NC(=O)CC[C@@H]1C[C@@H](OC(=O)NCCc2ccc(F)cc2)C[C@@]2(CCC[C@H](COC(=O)NCCOC)O2)O1. The second-order valence-electron chi connectivity index (χ2n) is 12.6. The number of ether oxygens (including phenoxy) is 6. The average molecular weight is 682 g/mol. The number of hydrogen-bond acceptors (Lipinski definition) is 10. The fourth-order valence-corrected chi connectivity index (χ4v) is 5.88. The van der Waals surface area contributed by atoms with Crippen molar-refractivity contribution in [1.29, 1.82) is 0 Å². The van der Waals surface area contributed by atoms with Gasteiger partial charge in [-0.1, -0.05) is 26.0 Å². The van der Waals surface area contributed by atoms with Crippen molar-refractivity contribution in [3.63, 3.8) is 0 Å². The van der Waals surface area contributed by atoms with Crippen LogP contribution in [0, 0.1) is 11.7 Å². The molecule has 3 amide bonds. The van der Waals surface area contributed by atoms with Crippen molar-refractivity contribution in [3.05, 3.63) is 35.6 Å². The lowest BCUT2D eigenvalue weighted by molar-refractivity contribution is -0.329. The Hall–Kier alpha value is -3.49. The fraction of sp³-hybridized carbons (Fsp3) is 0.706. The summed E-state index contributed by atoms with van der Waals surface area (Å²) in [4.78, 5) is 50.3. The lowest BCUT2D eigenvalue weighted by Crippen LogP contribution is -2.54. The van der Waals surface area contributed by atoms with E-state index in [4.69, 9.17) is 28.4 Å². The van der Waals surface area contributed by atoms with Crippen molar-refractivity contribution in [2.24, 2.45) is 5.92 Å². The normalized spacial score (nSPS) is 22.8. The standard InChI is InChI=1S/C34H52FN3O10/c1-5-44-31(40)29(19-23(2)3)38-30(39)13-12-26-20-28(46-33(42)36-16-14-24-8-10-25(35)11-9-24)21-34(47-26)15-6-7-27(48-34)22-45-32(41)37-17-18-43-4/h8-11,23,26-29H,5-7,12-22H2,1-4H3,(H,36,42)(H,37,41)(H,38,39)/t26-,27-,28-,29+,34+/m1/s1. The third kappa shape index (κ3) is 13.9. The number of benzene rings is 1. The minimum Gasteiger partial charge on any atom is -0.464 e. The molecule has 3 rings (SSSR count). The number of halogens is 1. The van der Waals surface area contributed by atoms with Crippen LogP contribution in [0.2, 0.25) is 0 Å². The molecule has 0 bridgehead atoms. The summed E-state index contributed by atoms with van der Waals surface area (Å²) in [5.74, 6) is -2.06. The second kappa shape index (κ2) is 20.1. The van der Waals surface area contributed by atoms with E-state index in [2.05, 4.69) is 16.0 Å². The van der Waals surface area contributed by atoms with Gasteiger partial charge in [0.25, 0.3) is 0 Å². The molecule has 0 aliphatic carbocycles. The number of methoxy groups -OCH3 is 1. The van der Waals surface area contributed by atoms with Crippen molar-refractivity contribution in [3.8, 4) is 0 Å². The lowest BCUT2D eigenvalue weighted by Gasteiger charge is -2.47. The topological polar surface area (TPSA) is 160 Å². The van der Waals surface area contributed by atoms with Gasteiger partial charge in [-0.05, 0) is 62.6 Å². The van der Waals surface area contributed by atoms with Gasteiger partial charge in [-0.25, -0.2) is 18.8 Å². The first kappa shape index (κ1) is 39.0. The number of esters is 1. The Balaban J connectivity index is 1.62. The molecule has 1 aromatic carbocycles. The van der Waals surface area contributed by atoms with Crippen molar-refractivity contribution >= 4 is 24.1 Å². The molecule has 1 spiro atoms. The van der Waals surface area contributed by atoms with Crippen LogP contribution < -0.4 is 16.0 Å². The molecule has 2 heterocycles. The monoisotopic (exact) mass is 681 g/mol. The number of carbonyl (C=O) groups is 4. The van der Waals surface area contributed by atoms with Gasteiger partial charge < -0.3 is 44.4 Å². The molecular formula is C34H52FN3O10. The maximum Gasteiger partial charge on any atom is 0.407 e. The lowest BCUT2D eigenvalue weighted by atomic mass is 9.90. The van der Waals surface area contributed by atoms with Gasteiger partial charge in [0.1, 0.15) is 24.6 Å². The maximum atomic E-state index is 13.2. The van der Waals surface area contributed by atoms with Crippen LogP contribution in [0.15, 0.2) is 24.3 Å². The summed E-state index contributed by atoms with van der Waals surface area (Å²) in [5, 5.41) is 8.16. The van der Waals surface area contributed by atoms with Gasteiger partial charge in [0.2, 0.25) is 5.91 Å². The van der Waals surface area contributed by atoms with Gasteiger partial charge in [-0.3, -0.25) is 4.79 Å². The van der Waals surface area contributed by atoms with Crippen LogP contribution in [-0.4, -0.2) is 94.2 Å². The van der Waals surface area contributed by atoms with Crippen LogP contribution in [-0.2, 0) is 44.4 Å². The highest BCUT2D eigenvalue weighted by Crippen LogP contribution is 2.41. The number of nitrogens with one attached hydrogen (secondary N) is 3. The van der Waals surface area contributed by atoms with E-state index in [1.54, 1.807) is 19.1 Å². The Morgan fingerprint density at radius 3 is 2.46 bits per heavy atom. The van der Waals surface area contributed by atoms with Crippen molar-refractivity contribution < 1.29 is 52.0 Å². The summed E-state index contributed by atoms with van der Waals surface area (Å²) in [5.41, 5.74) is 0.870. The Morgan fingerprint density at radius 2 is 1.75 bits per heavy atom. The van der Waals surface area contributed by atoms with Crippen LogP contribution in [0.25, 0.3) is 0 Å². The second-order valence-corrected chi connectivity index (χ2v) is 12.6. The van der Waals surface area contributed by atoms with Gasteiger partial charge in [-0.15, -0.1) is 0 Å². The highest BCUT2D eigenvalue weighted by molar-refractivity contribution is 5.84. The Labute approximate surface area is 282 Å². The van der Waals surface area contributed by atoms with Gasteiger partial charge >= 0.3 is 18.2 Å². The van der Waals surface area contributed by atoms with Crippen LogP contribution >= 0.6 is 0 Å². The molecule has 270 valence electrons. The molecule has 2 saturated heterocycles. The first-order chi connectivity index (χ1) is 23.0. The number of rotatable bonds is 17. The maximum absolute atomic E-state index is 13.2.